The van der Waals surface area contributed by atoms with Crippen molar-refractivity contribution in [2.75, 3.05) is 6.61 Å². The highest BCUT2D eigenvalue weighted by atomic mass is 35.5. The second kappa shape index (κ2) is 9.00. The summed E-state index contributed by atoms with van der Waals surface area (Å²) in [5.74, 6) is 1.47. The smallest absolute Gasteiger partial charge is 0.248 e. The van der Waals surface area contributed by atoms with E-state index < -0.39 is 0 Å². The van der Waals surface area contributed by atoms with Crippen LogP contribution in [-0.2, 0) is 11.3 Å². The molecule has 32 heavy (non-hydrogen) atoms. The number of rotatable bonds is 5. The minimum atomic E-state index is -0.146. The minimum Gasteiger partial charge on any atom is -0.437 e. The van der Waals surface area contributed by atoms with Crippen molar-refractivity contribution in [2.24, 2.45) is 4.99 Å². The Labute approximate surface area is 199 Å². The zero-order valence-corrected chi connectivity index (χ0v) is 18.9. The van der Waals surface area contributed by atoms with E-state index in [4.69, 9.17) is 49.4 Å². The summed E-state index contributed by atoms with van der Waals surface area (Å²) < 4.78 is 7.81. The summed E-state index contributed by atoms with van der Waals surface area (Å²) in [6.07, 6.45) is 2.45. The normalized spacial score (nSPS) is 16.0. The van der Waals surface area contributed by atoms with Gasteiger partial charge in [0.05, 0.1) is 23.7 Å². The minimum absolute atomic E-state index is 0.146. The van der Waals surface area contributed by atoms with Crippen LogP contribution in [-0.4, -0.2) is 28.1 Å². The number of halogens is 3. The number of nitrogens with zero attached hydrogens (tertiary/aromatic N) is 3. The fourth-order valence-electron chi connectivity index (χ4n) is 3.46. The van der Waals surface area contributed by atoms with Crippen molar-refractivity contribution in [1.82, 2.24) is 15.1 Å². The lowest BCUT2D eigenvalue weighted by atomic mass is 10.1. The number of fused-ring (bicyclic) bond motifs is 1. The van der Waals surface area contributed by atoms with Crippen LogP contribution < -0.4 is 10.2 Å². The SMILES string of the molecule is Clc1cccc(Oc2nn3cccc3cc2C2=N[C@H](Cc3ccc(Cl)cc3Cl)CON2)c1. The predicted molar refractivity (Wildman–Crippen MR) is 126 cm³/mol. The molecule has 0 radical (unpaired) electrons. The van der Waals surface area contributed by atoms with Gasteiger partial charge in [-0.25, -0.2) is 10.00 Å². The Bertz CT molecular complexity index is 1320. The molecule has 0 aliphatic carbocycles. The number of hydrogen-bond donors (Lipinski definition) is 1. The molecule has 3 heterocycles. The number of amidine groups is 1. The zero-order valence-electron chi connectivity index (χ0n) is 16.6. The maximum absolute atomic E-state index is 6.35. The molecule has 5 rings (SSSR count). The Morgan fingerprint density at radius 1 is 1.03 bits per heavy atom. The lowest BCUT2D eigenvalue weighted by Crippen LogP contribution is -2.37. The van der Waals surface area contributed by atoms with Crippen molar-refractivity contribution in [2.45, 2.75) is 12.5 Å². The molecule has 0 unspecified atom stereocenters. The third kappa shape index (κ3) is 4.54. The summed E-state index contributed by atoms with van der Waals surface area (Å²) >= 11 is 18.5. The van der Waals surface area contributed by atoms with E-state index in [2.05, 4.69) is 10.6 Å². The highest BCUT2D eigenvalue weighted by molar-refractivity contribution is 6.35. The lowest BCUT2D eigenvalue weighted by molar-refractivity contribution is 0.0623. The summed E-state index contributed by atoms with van der Waals surface area (Å²) in [4.78, 5) is 10.5. The van der Waals surface area contributed by atoms with Gasteiger partial charge in [-0.2, -0.15) is 0 Å². The molecule has 1 aliphatic heterocycles. The molecular weight excluding hydrogens is 471 g/mol. The molecular formula is C23H17Cl3N4O2. The first-order valence-corrected chi connectivity index (χ1v) is 11.0. The average Bonchev–Trinajstić information content (AvgIpc) is 3.23. The molecule has 0 fully saturated rings. The van der Waals surface area contributed by atoms with Crippen LogP contribution in [0.25, 0.3) is 5.52 Å². The first-order valence-electron chi connectivity index (χ1n) is 9.87. The van der Waals surface area contributed by atoms with Gasteiger partial charge in [0, 0.05) is 21.3 Å². The van der Waals surface area contributed by atoms with Crippen molar-refractivity contribution < 1.29 is 9.57 Å². The maximum Gasteiger partial charge on any atom is 0.248 e. The Balaban J connectivity index is 1.50. The highest BCUT2D eigenvalue weighted by Crippen LogP contribution is 2.28. The molecule has 1 N–H and O–H groups in total. The molecule has 9 heteroatoms. The predicted octanol–water partition coefficient (Wildman–Crippen LogP) is 5.98. The van der Waals surface area contributed by atoms with Crippen LogP contribution in [0, 0.1) is 0 Å². The van der Waals surface area contributed by atoms with Crippen LogP contribution in [0.1, 0.15) is 11.1 Å². The number of benzene rings is 2. The number of nitrogens with one attached hydrogen (secondary N) is 1. The molecule has 6 nitrogen and oxygen atoms in total. The zero-order chi connectivity index (χ0) is 22.1. The molecule has 0 amide bonds. The van der Waals surface area contributed by atoms with E-state index in [9.17, 15) is 0 Å². The van der Waals surface area contributed by atoms with Gasteiger partial charge in [0.2, 0.25) is 5.88 Å². The lowest BCUT2D eigenvalue weighted by Gasteiger charge is -2.23. The quantitative estimate of drug-likeness (QED) is 0.376. The van der Waals surface area contributed by atoms with E-state index in [1.807, 2.05) is 48.7 Å². The number of hydrogen-bond acceptors (Lipinski definition) is 5. The first-order chi connectivity index (χ1) is 15.5. The van der Waals surface area contributed by atoms with Gasteiger partial charge >= 0.3 is 0 Å². The van der Waals surface area contributed by atoms with Crippen LogP contribution in [0.5, 0.6) is 11.6 Å². The molecule has 162 valence electrons. The van der Waals surface area contributed by atoms with Gasteiger partial charge < -0.3 is 4.74 Å². The van der Waals surface area contributed by atoms with Crippen LogP contribution in [0.2, 0.25) is 15.1 Å². The summed E-state index contributed by atoms with van der Waals surface area (Å²) in [7, 11) is 0. The van der Waals surface area contributed by atoms with E-state index in [1.54, 1.807) is 22.7 Å². The molecule has 2 aromatic carbocycles. The van der Waals surface area contributed by atoms with Crippen molar-refractivity contribution in [3.63, 3.8) is 0 Å². The summed E-state index contributed by atoms with van der Waals surface area (Å²) in [6, 6.07) is 18.3. The van der Waals surface area contributed by atoms with Crippen LogP contribution in [0.3, 0.4) is 0 Å². The molecule has 0 saturated carbocycles. The van der Waals surface area contributed by atoms with Crippen molar-refractivity contribution in [1.29, 1.82) is 0 Å². The molecule has 0 bridgehead atoms. The first kappa shape index (κ1) is 21.1. The van der Waals surface area contributed by atoms with Crippen molar-refractivity contribution in [3.05, 3.63) is 93.1 Å². The number of aliphatic imine (C=N–C) groups is 1. The standard InChI is InChI=1S/C23H17Cl3N4O2/c24-15-3-1-5-19(10-15)32-23-20(12-18-4-2-8-30(18)28-23)22-27-17(13-31-29-22)9-14-6-7-16(25)11-21(14)26/h1-8,10-12,17H,9,13H2,(H,27,29)/t17-/m1/s1. The Morgan fingerprint density at radius 3 is 2.75 bits per heavy atom. The van der Waals surface area contributed by atoms with E-state index in [0.717, 1.165) is 11.1 Å². The summed E-state index contributed by atoms with van der Waals surface area (Å²) in [5.41, 5.74) is 5.42. The summed E-state index contributed by atoms with van der Waals surface area (Å²) in [6.45, 7) is 0.397. The third-order valence-corrected chi connectivity index (χ3v) is 5.79. The second-order valence-corrected chi connectivity index (χ2v) is 8.56. The number of hydroxylamine groups is 1. The van der Waals surface area contributed by atoms with E-state index in [1.165, 1.54) is 0 Å². The van der Waals surface area contributed by atoms with Crippen molar-refractivity contribution in [3.8, 4) is 11.6 Å². The number of aromatic nitrogens is 2. The molecule has 0 spiro atoms. The van der Waals surface area contributed by atoms with Gasteiger partial charge in [0.1, 0.15) is 5.75 Å². The average molecular weight is 488 g/mol. The highest BCUT2D eigenvalue weighted by Gasteiger charge is 2.22. The Kier molecular flexibility index (Phi) is 5.93. The van der Waals surface area contributed by atoms with Gasteiger partial charge in [-0.15, -0.1) is 5.10 Å². The van der Waals surface area contributed by atoms with E-state index in [-0.39, 0.29) is 6.04 Å². The second-order valence-electron chi connectivity index (χ2n) is 7.28. The van der Waals surface area contributed by atoms with Gasteiger partial charge in [0.15, 0.2) is 5.84 Å². The Hall–Kier alpha value is -2.77. The van der Waals surface area contributed by atoms with Gasteiger partial charge in [-0.3, -0.25) is 9.83 Å². The van der Waals surface area contributed by atoms with Crippen LogP contribution >= 0.6 is 34.8 Å². The summed E-state index contributed by atoms with van der Waals surface area (Å²) in [5, 5.41) is 6.38. The van der Waals surface area contributed by atoms with E-state index >= 15 is 0 Å². The topological polar surface area (TPSA) is 60.2 Å². The van der Waals surface area contributed by atoms with Gasteiger partial charge in [-0.1, -0.05) is 46.9 Å². The molecule has 0 saturated heterocycles. The molecule has 4 aromatic rings. The van der Waals surface area contributed by atoms with Crippen LogP contribution in [0.4, 0.5) is 0 Å². The molecule has 1 atom stereocenters. The fraction of sp³-hybridized carbons (Fsp3) is 0.130. The monoisotopic (exact) mass is 486 g/mol. The van der Waals surface area contributed by atoms with E-state index in [0.29, 0.717) is 51.1 Å². The van der Waals surface area contributed by atoms with Crippen LogP contribution in [0.15, 0.2) is 71.9 Å². The maximum atomic E-state index is 6.35. The van der Waals surface area contributed by atoms with Gasteiger partial charge in [-0.05, 0) is 60.5 Å². The number of ether oxygens (including phenoxy) is 1. The third-order valence-electron chi connectivity index (χ3n) is 4.97. The largest absolute Gasteiger partial charge is 0.437 e. The Morgan fingerprint density at radius 2 is 1.91 bits per heavy atom. The molecule has 2 aromatic heterocycles. The van der Waals surface area contributed by atoms with Gasteiger partial charge in [0.25, 0.3) is 0 Å². The van der Waals surface area contributed by atoms with Crippen molar-refractivity contribution >= 4 is 46.2 Å². The fourth-order valence-corrected chi connectivity index (χ4v) is 4.13. The molecule has 1 aliphatic rings.